The Morgan fingerprint density at radius 2 is 1.36 bits per heavy atom. The van der Waals surface area contributed by atoms with E-state index in [2.05, 4.69) is 20.9 Å². The van der Waals surface area contributed by atoms with Crippen LogP contribution < -0.4 is 4.90 Å². The Balaban J connectivity index is 3.25. The topological polar surface area (TPSA) is 16.1 Å². The minimum absolute atomic E-state index is 0.175. The van der Waals surface area contributed by atoms with Crippen molar-refractivity contribution in [1.82, 2.24) is 4.98 Å². The van der Waals surface area contributed by atoms with E-state index < -0.39 is 47.5 Å². The Bertz CT molecular complexity index is 505. The van der Waals surface area contributed by atoms with Gasteiger partial charge in [0, 0.05) is 0 Å². The molecule has 126 valence electrons. The molecule has 0 radical (unpaired) electrons. The highest BCUT2D eigenvalue weighted by Gasteiger charge is 2.39. The molecule has 0 saturated carbocycles. The van der Waals surface area contributed by atoms with E-state index in [1.165, 1.54) is 0 Å². The molecule has 1 aromatic heterocycles. The number of pyridine rings is 1. The van der Waals surface area contributed by atoms with Crippen LogP contribution in [0.15, 0.2) is 16.9 Å². The van der Waals surface area contributed by atoms with Gasteiger partial charge in [-0.2, -0.15) is 39.5 Å². The second kappa shape index (κ2) is 6.13. The predicted octanol–water partition coefficient (Wildman–Crippen LogP) is 4.79. The van der Waals surface area contributed by atoms with Crippen LogP contribution in [-0.2, 0) is 6.18 Å². The molecule has 0 fully saturated rings. The second-order valence-corrected chi connectivity index (χ2v) is 4.87. The van der Waals surface area contributed by atoms with Gasteiger partial charge in [0.15, 0.2) is 0 Å². The van der Waals surface area contributed by atoms with Crippen molar-refractivity contribution in [2.24, 2.45) is 0 Å². The van der Waals surface area contributed by atoms with Crippen molar-refractivity contribution < 1.29 is 39.5 Å². The van der Waals surface area contributed by atoms with Crippen molar-refractivity contribution >= 4 is 21.6 Å². The molecule has 0 saturated heterocycles. The maximum Gasteiger partial charge on any atom is 0.419 e. The summed E-state index contributed by atoms with van der Waals surface area (Å²) in [4.78, 5) is 2.88. The summed E-state index contributed by atoms with van der Waals surface area (Å²) in [6.45, 7) is -4.12. The van der Waals surface area contributed by atoms with Crippen LogP contribution in [-0.4, -0.2) is 30.4 Å². The van der Waals surface area contributed by atoms with E-state index in [0.29, 0.717) is 6.20 Å². The van der Waals surface area contributed by atoms with Crippen LogP contribution in [0.4, 0.5) is 45.2 Å². The highest BCUT2D eigenvalue weighted by atomic mass is 79.9. The van der Waals surface area contributed by atoms with Gasteiger partial charge in [-0.15, -0.1) is 0 Å². The van der Waals surface area contributed by atoms with Crippen molar-refractivity contribution in [2.45, 2.75) is 18.5 Å². The number of halogens is 10. The van der Waals surface area contributed by atoms with Crippen molar-refractivity contribution in [3.63, 3.8) is 0 Å². The first-order valence-corrected chi connectivity index (χ1v) is 6.09. The van der Waals surface area contributed by atoms with E-state index in [1.54, 1.807) is 0 Å². The summed E-state index contributed by atoms with van der Waals surface area (Å²) in [7, 11) is 0. The van der Waals surface area contributed by atoms with Gasteiger partial charge in [-0.3, -0.25) is 0 Å². The Labute approximate surface area is 126 Å². The fraction of sp³-hybridized carbons (Fsp3) is 0.500. The lowest BCUT2D eigenvalue weighted by Crippen LogP contribution is -2.40. The first-order valence-electron chi connectivity index (χ1n) is 5.30. The van der Waals surface area contributed by atoms with Crippen molar-refractivity contribution in [3.05, 3.63) is 22.4 Å². The molecule has 0 amide bonds. The van der Waals surface area contributed by atoms with Crippen molar-refractivity contribution in [1.29, 1.82) is 0 Å². The van der Waals surface area contributed by atoms with Gasteiger partial charge in [0.1, 0.15) is 17.7 Å². The molecule has 0 spiro atoms. The summed E-state index contributed by atoms with van der Waals surface area (Å²) < 4.78 is 111. The van der Waals surface area contributed by atoms with Gasteiger partial charge in [-0.25, -0.2) is 4.98 Å². The molecule has 1 rings (SSSR count). The fourth-order valence-electron chi connectivity index (χ4n) is 1.48. The highest BCUT2D eigenvalue weighted by molar-refractivity contribution is 9.10. The van der Waals surface area contributed by atoms with Crippen LogP contribution in [0, 0.1) is 0 Å². The fourth-order valence-corrected chi connectivity index (χ4v) is 1.92. The second-order valence-electron chi connectivity index (χ2n) is 4.12. The minimum Gasteiger partial charge on any atom is -0.352 e. The monoisotopic (exact) mass is 404 g/mol. The van der Waals surface area contributed by atoms with Crippen LogP contribution in [0.2, 0.25) is 0 Å². The summed E-state index contributed by atoms with van der Waals surface area (Å²) in [6.07, 6.45) is -14.5. The molecule has 0 aliphatic rings. The number of rotatable bonds is 3. The zero-order chi connectivity index (χ0) is 17.3. The molecule has 1 aromatic rings. The largest absolute Gasteiger partial charge is 0.419 e. The van der Waals surface area contributed by atoms with Crippen LogP contribution in [0.25, 0.3) is 0 Å². The normalized spacial score (nSPS) is 13.4. The molecule has 0 aliphatic heterocycles. The molecule has 0 aromatic carbocycles. The SMILES string of the molecule is FC(F)(F)CN(CC(F)(F)F)c1cnc(Br)c(C(F)(F)F)c1. The summed E-state index contributed by atoms with van der Waals surface area (Å²) in [5.41, 5.74) is -2.41. The third-order valence-electron chi connectivity index (χ3n) is 2.24. The van der Waals surface area contributed by atoms with Gasteiger partial charge in [-0.1, -0.05) is 0 Å². The summed E-state index contributed by atoms with van der Waals surface area (Å²) in [5, 5.41) is 0. The maximum atomic E-state index is 12.6. The first-order chi connectivity index (χ1) is 9.69. The minimum atomic E-state index is -5.03. The lowest BCUT2D eigenvalue weighted by atomic mass is 10.2. The molecule has 2 nitrogen and oxygen atoms in total. The van der Waals surface area contributed by atoms with Gasteiger partial charge in [0.2, 0.25) is 0 Å². The van der Waals surface area contributed by atoms with Crippen LogP contribution in [0.3, 0.4) is 0 Å². The number of aromatic nitrogens is 1. The molecular formula is C10H6BrF9N2. The van der Waals surface area contributed by atoms with Crippen LogP contribution in [0.1, 0.15) is 5.56 Å². The van der Waals surface area contributed by atoms with Gasteiger partial charge in [0.25, 0.3) is 0 Å². The number of hydrogen-bond donors (Lipinski definition) is 0. The molecule has 22 heavy (non-hydrogen) atoms. The van der Waals surface area contributed by atoms with E-state index in [0.717, 1.165) is 0 Å². The number of hydrogen-bond acceptors (Lipinski definition) is 2. The van der Waals surface area contributed by atoms with E-state index >= 15 is 0 Å². The standard InChI is InChI=1S/C10H6BrF9N2/c11-7-6(10(18,19)20)1-5(2-21-7)22(3-8(12,13)14)4-9(15,16)17/h1-2H,3-4H2. The van der Waals surface area contributed by atoms with Gasteiger partial charge < -0.3 is 4.90 Å². The van der Waals surface area contributed by atoms with E-state index in [-0.39, 0.29) is 11.0 Å². The molecule has 12 heteroatoms. The summed E-state index contributed by atoms with van der Waals surface area (Å²) >= 11 is 2.44. The third-order valence-corrected chi connectivity index (χ3v) is 2.87. The Morgan fingerprint density at radius 3 is 1.73 bits per heavy atom. The van der Waals surface area contributed by atoms with E-state index in [9.17, 15) is 39.5 Å². The lowest BCUT2D eigenvalue weighted by Gasteiger charge is -2.27. The molecule has 0 aliphatic carbocycles. The smallest absolute Gasteiger partial charge is 0.352 e. The van der Waals surface area contributed by atoms with E-state index in [1.807, 2.05) is 0 Å². The predicted molar refractivity (Wildman–Crippen MR) is 61.3 cm³/mol. The number of alkyl halides is 9. The van der Waals surface area contributed by atoms with E-state index in [4.69, 9.17) is 0 Å². The average Bonchev–Trinajstić information content (AvgIpc) is 2.22. The van der Waals surface area contributed by atoms with Crippen molar-refractivity contribution in [2.75, 3.05) is 18.0 Å². The average molecular weight is 405 g/mol. The summed E-state index contributed by atoms with van der Waals surface area (Å²) in [6, 6.07) is 0.175. The molecule has 0 unspecified atom stereocenters. The van der Waals surface area contributed by atoms with Gasteiger partial charge >= 0.3 is 18.5 Å². The van der Waals surface area contributed by atoms with Crippen molar-refractivity contribution in [3.8, 4) is 0 Å². The maximum absolute atomic E-state index is 12.6. The van der Waals surface area contributed by atoms with Gasteiger partial charge in [-0.05, 0) is 22.0 Å². The molecule has 1 heterocycles. The molecular weight excluding hydrogens is 399 g/mol. The van der Waals surface area contributed by atoms with Gasteiger partial charge in [0.05, 0.1) is 17.4 Å². The molecule has 0 atom stereocenters. The molecule has 0 N–H and O–H groups in total. The molecule has 0 bridgehead atoms. The first kappa shape index (κ1) is 18.8. The van der Waals surface area contributed by atoms with Crippen LogP contribution in [0.5, 0.6) is 0 Å². The zero-order valence-electron chi connectivity index (χ0n) is 10.2. The quantitative estimate of drug-likeness (QED) is 0.531. The summed E-state index contributed by atoms with van der Waals surface area (Å²) in [5.74, 6) is 0. The Kier molecular flexibility index (Phi) is 5.25. The Morgan fingerprint density at radius 1 is 0.909 bits per heavy atom. The van der Waals surface area contributed by atoms with Crippen LogP contribution >= 0.6 is 15.9 Å². The Hall–Kier alpha value is -1.20. The lowest BCUT2D eigenvalue weighted by molar-refractivity contribution is -0.138. The number of anilines is 1. The third kappa shape index (κ3) is 5.89. The zero-order valence-corrected chi connectivity index (χ0v) is 11.8. The number of nitrogens with zero attached hydrogens (tertiary/aromatic N) is 2. The highest BCUT2D eigenvalue weighted by Crippen LogP contribution is 2.36.